The number of hydrogen-bond acceptors (Lipinski definition) is 3. The number of hydrogen-bond donors (Lipinski definition) is 3. The van der Waals surface area contributed by atoms with Crippen LogP contribution in [0, 0.1) is 0 Å². The van der Waals surface area contributed by atoms with Crippen molar-refractivity contribution in [2.45, 2.75) is 31.7 Å². The van der Waals surface area contributed by atoms with Crippen LogP contribution in [-0.2, 0) is 0 Å². The monoisotopic (exact) mass is 375 g/mol. The molecule has 0 radical (unpaired) electrons. The highest BCUT2D eigenvalue weighted by atomic mass is 127. The minimum atomic E-state index is 0. The van der Waals surface area contributed by atoms with Gasteiger partial charge in [0.05, 0.1) is 6.54 Å². The Hall–Kier alpha value is -1.05. The molecule has 0 bridgehead atoms. The van der Waals surface area contributed by atoms with Gasteiger partial charge in [-0.1, -0.05) is 18.9 Å². The second kappa shape index (κ2) is 8.95. The molecule has 5 nitrogen and oxygen atoms in total. The molecule has 1 aromatic heterocycles. The molecule has 0 aromatic carbocycles. The van der Waals surface area contributed by atoms with Crippen LogP contribution >= 0.6 is 24.0 Å². The van der Waals surface area contributed by atoms with Gasteiger partial charge in [0.1, 0.15) is 5.82 Å². The molecule has 0 aliphatic heterocycles. The van der Waals surface area contributed by atoms with Crippen LogP contribution in [0.25, 0.3) is 0 Å². The molecular formula is C13H22IN5. The topological polar surface area (TPSA) is 75.3 Å². The van der Waals surface area contributed by atoms with E-state index in [1.807, 2.05) is 18.2 Å². The molecule has 0 saturated heterocycles. The molecule has 106 valence electrons. The number of guanidine groups is 1. The van der Waals surface area contributed by atoms with Crippen LogP contribution in [0.15, 0.2) is 29.4 Å². The molecule has 6 heteroatoms. The molecule has 1 fully saturated rings. The molecule has 2 rings (SSSR count). The smallest absolute Gasteiger partial charge is 0.188 e. The normalized spacial score (nSPS) is 15.9. The van der Waals surface area contributed by atoms with Crippen LogP contribution in [0.2, 0.25) is 0 Å². The largest absolute Gasteiger partial charge is 0.370 e. The average Bonchev–Trinajstić information content (AvgIpc) is 2.89. The Bertz CT molecular complexity index is 376. The number of nitrogens with two attached hydrogens (primary N) is 1. The van der Waals surface area contributed by atoms with Crippen molar-refractivity contribution in [1.82, 2.24) is 10.3 Å². The van der Waals surface area contributed by atoms with E-state index in [2.05, 4.69) is 20.6 Å². The summed E-state index contributed by atoms with van der Waals surface area (Å²) in [7, 11) is 0. The average molecular weight is 375 g/mol. The molecule has 1 aromatic rings. The molecule has 19 heavy (non-hydrogen) atoms. The number of anilines is 1. The zero-order chi connectivity index (χ0) is 12.6. The molecule has 0 amide bonds. The van der Waals surface area contributed by atoms with E-state index >= 15 is 0 Å². The summed E-state index contributed by atoms with van der Waals surface area (Å²) >= 11 is 0. The third-order valence-corrected chi connectivity index (χ3v) is 3.07. The number of nitrogens with one attached hydrogen (secondary N) is 2. The minimum Gasteiger partial charge on any atom is -0.370 e. The van der Waals surface area contributed by atoms with Crippen molar-refractivity contribution in [2.24, 2.45) is 10.7 Å². The highest BCUT2D eigenvalue weighted by Crippen LogP contribution is 2.17. The molecule has 0 unspecified atom stereocenters. The number of nitrogens with zero attached hydrogens (tertiary/aromatic N) is 2. The van der Waals surface area contributed by atoms with Gasteiger partial charge < -0.3 is 16.4 Å². The Balaban J connectivity index is 0.00000180. The first kappa shape index (κ1) is 16.0. The molecule has 1 saturated carbocycles. The highest BCUT2D eigenvalue weighted by Gasteiger charge is 2.14. The summed E-state index contributed by atoms with van der Waals surface area (Å²) in [6.07, 6.45) is 6.78. The van der Waals surface area contributed by atoms with Crippen molar-refractivity contribution in [1.29, 1.82) is 0 Å². The quantitative estimate of drug-likeness (QED) is 0.318. The van der Waals surface area contributed by atoms with E-state index in [0.717, 1.165) is 12.4 Å². The Morgan fingerprint density at radius 3 is 2.84 bits per heavy atom. The molecule has 0 spiro atoms. The standard InChI is InChI=1S/C13H21N5.HI/c14-13(18-11-5-1-2-6-11)17-10-9-16-12-7-3-4-8-15-12;/h3-4,7-8,11H,1-2,5-6,9-10H2,(H,15,16)(H3,14,17,18);1H. The molecule has 0 atom stereocenters. The predicted molar refractivity (Wildman–Crippen MR) is 90.0 cm³/mol. The maximum absolute atomic E-state index is 5.83. The zero-order valence-corrected chi connectivity index (χ0v) is 13.3. The van der Waals surface area contributed by atoms with Gasteiger partial charge in [-0.2, -0.15) is 0 Å². The Morgan fingerprint density at radius 1 is 1.37 bits per heavy atom. The number of halogens is 1. The third kappa shape index (κ3) is 6.09. The first-order valence-corrected chi connectivity index (χ1v) is 6.56. The van der Waals surface area contributed by atoms with Crippen molar-refractivity contribution in [3.05, 3.63) is 24.4 Å². The maximum Gasteiger partial charge on any atom is 0.188 e. The molecule has 1 aliphatic rings. The summed E-state index contributed by atoms with van der Waals surface area (Å²) in [6, 6.07) is 6.31. The van der Waals surface area contributed by atoms with Gasteiger partial charge in [-0.15, -0.1) is 24.0 Å². The van der Waals surface area contributed by atoms with Crippen LogP contribution in [0.4, 0.5) is 5.82 Å². The van der Waals surface area contributed by atoms with Crippen molar-refractivity contribution < 1.29 is 0 Å². The van der Waals surface area contributed by atoms with Crippen LogP contribution in [-0.4, -0.2) is 30.1 Å². The number of rotatable bonds is 5. The molecule has 1 heterocycles. The van der Waals surface area contributed by atoms with Gasteiger partial charge in [0.15, 0.2) is 5.96 Å². The van der Waals surface area contributed by atoms with Crippen LogP contribution < -0.4 is 16.4 Å². The van der Waals surface area contributed by atoms with Crippen LogP contribution in [0.5, 0.6) is 0 Å². The summed E-state index contributed by atoms with van der Waals surface area (Å²) in [5.41, 5.74) is 5.83. The van der Waals surface area contributed by atoms with E-state index in [9.17, 15) is 0 Å². The van der Waals surface area contributed by atoms with E-state index in [0.29, 0.717) is 18.5 Å². The SMILES string of the molecule is I.NC(=NCCNc1ccccn1)NC1CCCC1. The van der Waals surface area contributed by atoms with Gasteiger partial charge >= 0.3 is 0 Å². The second-order valence-corrected chi connectivity index (χ2v) is 4.53. The number of pyridine rings is 1. The molecular weight excluding hydrogens is 353 g/mol. The third-order valence-electron chi connectivity index (χ3n) is 3.07. The first-order valence-electron chi connectivity index (χ1n) is 6.56. The molecule has 4 N–H and O–H groups in total. The first-order chi connectivity index (χ1) is 8.84. The number of aromatic nitrogens is 1. The fourth-order valence-corrected chi connectivity index (χ4v) is 2.15. The maximum atomic E-state index is 5.83. The lowest BCUT2D eigenvalue weighted by Crippen LogP contribution is -2.38. The zero-order valence-electron chi connectivity index (χ0n) is 11.0. The van der Waals surface area contributed by atoms with Gasteiger partial charge in [0, 0.05) is 18.8 Å². The van der Waals surface area contributed by atoms with Gasteiger partial charge in [-0.05, 0) is 25.0 Å². The minimum absolute atomic E-state index is 0. The van der Waals surface area contributed by atoms with Gasteiger partial charge in [0.2, 0.25) is 0 Å². The Morgan fingerprint density at radius 2 is 2.16 bits per heavy atom. The fourth-order valence-electron chi connectivity index (χ4n) is 2.15. The highest BCUT2D eigenvalue weighted by molar-refractivity contribution is 14.0. The Kier molecular flexibility index (Phi) is 7.54. The lowest BCUT2D eigenvalue weighted by atomic mass is 10.2. The fraction of sp³-hybridized carbons (Fsp3) is 0.538. The summed E-state index contributed by atoms with van der Waals surface area (Å²) in [5.74, 6) is 1.43. The predicted octanol–water partition coefficient (Wildman–Crippen LogP) is 1.96. The lowest BCUT2D eigenvalue weighted by molar-refractivity contribution is 0.625. The van der Waals surface area contributed by atoms with E-state index < -0.39 is 0 Å². The lowest BCUT2D eigenvalue weighted by Gasteiger charge is -2.12. The summed E-state index contributed by atoms with van der Waals surface area (Å²) in [6.45, 7) is 1.40. The second-order valence-electron chi connectivity index (χ2n) is 4.53. The summed E-state index contributed by atoms with van der Waals surface area (Å²) in [4.78, 5) is 8.47. The van der Waals surface area contributed by atoms with Gasteiger partial charge in [-0.25, -0.2) is 4.98 Å². The van der Waals surface area contributed by atoms with Gasteiger partial charge in [-0.3, -0.25) is 4.99 Å². The number of aliphatic imine (C=N–C) groups is 1. The summed E-state index contributed by atoms with van der Waals surface area (Å²) in [5, 5.41) is 6.45. The van der Waals surface area contributed by atoms with E-state index in [1.54, 1.807) is 6.20 Å². The van der Waals surface area contributed by atoms with E-state index in [4.69, 9.17) is 5.73 Å². The van der Waals surface area contributed by atoms with E-state index in [1.165, 1.54) is 25.7 Å². The van der Waals surface area contributed by atoms with Crippen molar-refractivity contribution in [3.63, 3.8) is 0 Å². The van der Waals surface area contributed by atoms with Crippen molar-refractivity contribution >= 4 is 35.8 Å². The molecule has 1 aliphatic carbocycles. The van der Waals surface area contributed by atoms with Crippen LogP contribution in [0.3, 0.4) is 0 Å². The van der Waals surface area contributed by atoms with Crippen LogP contribution in [0.1, 0.15) is 25.7 Å². The van der Waals surface area contributed by atoms with E-state index in [-0.39, 0.29) is 24.0 Å². The Labute approximate surface area is 131 Å². The van der Waals surface area contributed by atoms with Crippen molar-refractivity contribution in [2.75, 3.05) is 18.4 Å². The van der Waals surface area contributed by atoms with Gasteiger partial charge in [0.25, 0.3) is 0 Å². The van der Waals surface area contributed by atoms with Crippen molar-refractivity contribution in [3.8, 4) is 0 Å². The summed E-state index contributed by atoms with van der Waals surface area (Å²) < 4.78 is 0.